The molecular weight excluding hydrogens is 394 g/mol. The van der Waals surface area contributed by atoms with E-state index in [0.29, 0.717) is 37.6 Å². The van der Waals surface area contributed by atoms with Gasteiger partial charge in [0.1, 0.15) is 23.6 Å². The molecule has 4 rings (SSSR count). The van der Waals surface area contributed by atoms with Crippen LogP contribution < -0.4 is 19.7 Å². The van der Waals surface area contributed by atoms with E-state index in [0.717, 1.165) is 22.8 Å². The van der Waals surface area contributed by atoms with Crippen molar-refractivity contribution in [2.24, 2.45) is 0 Å². The summed E-state index contributed by atoms with van der Waals surface area (Å²) >= 11 is 0. The summed E-state index contributed by atoms with van der Waals surface area (Å²) in [5.74, 6) is 2.34. The molecule has 0 saturated carbocycles. The molecule has 1 fully saturated rings. The summed E-state index contributed by atoms with van der Waals surface area (Å²) in [6, 6.07) is 17.0. The zero-order valence-corrected chi connectivity index (χ0v) is 17.6. The molecule has 0 bridgehead atoms. The maximum atomic E-state index is 12.6. The first-order valence-corrected chi connectivity index (χ1v) is 10.1. The molecule has 3 aromatic rings. The van der Waals surface area contributed by atoms with E-state index in [4.69, 9.17) is 9.47 Å². The van der Waals surface area contributed by atoms with Crippen LogP contribution in [0.5, 0.6) is 11.5 Å². The predicted octanol–water partition coefficient (Wildman–Crippen LogP) is 3.51. The minimum absolute atomic E-state index is 0.118. The fourth-order valence-electron chi connectivity index (χ4n) is 3.50. The smallest absolute Gasteiger partial charge is 0.321 e. The number of hydrogen-bond donors (Lipinski definition) is 1. The lowest BCUT2D eigenvalue weighted by atomic mass is 10.1. The Morgan fingerprint density at radius 3 is 2.35 bits per heavy atom. The molecule has 8 heteroatoms. The lowest BCUT2D eigenvalue weighted by Gasteiger charge is -2.35. The van der Waals surface area contributed by atoms with E-state index in [2.05, 4.69) is 20.2 Å². The van der Waals surface area contributed by atoms with Crippen LogP contribution in [0.1, 0.15) is 0 Å². The molecule has 160 valence electrons. The zero-order chi connectivity index (χ0) is 21.6. The number of rotatable bonds is 5. The standard InChI is InChI=1S/C23H25N5O3/c1-30-19-7-3-5-17(13-19)21-15-22(25-16-24-21)27-9-11-28(12-10-27)23(29)26-18-6-4-8-20(14-18)31-2/h3-8,13-16H,9-12H2,1-2H3,(H,26,29). The zero-order valence-electron chi connectivity index (χ0n) is 17.6. The fraction of sp³-hybridized carbons (Fsp3) is 0.261. The van der Waals surface area contributed by atoms with Crippen LogP contribution in [0.2, 0.25) is 0 Å². The summed E-state index contributed by atoms with van der Waals surface area (Å²) in [6.07, 6.45) is 1.58. The summed E-state index contributed by atoms with van der Waals surface area (Å²) in [5.41, 5.74) is 2.52. The topological polar surface area (TPSA) is 79.8 Å². The Bertz CT molecular complexity index is 1050. The van der Waals surface area contributed by atoms with Crippen molar-refractivity contribution in [3.63, 3.8) is 0 Å². The monoisotopic (exact) mass is 419 g/mol. The van der Waals surface area contributed by atoms with Gasteiger partial charge in [-0.05, 0) is 24.3 Å². The van der Waals surface area contributed by atoms with Gasteiger partial charge in [-0.2, -0.15) is 0 Å². The molecule has 1 saturated heterocycles. The first kappa shape index (κ1) is 20.5. The van der Waals surface area contributed by atoms with Crippen LogP contribution in [0.4, 0.5) is 16.3 Å². The lowest BCUT2D eigenvalue weighted by molar-refractivity contribution is 0.208. The van der Waals surface area contributed by atoms with Gasteiger partial charge in [-0.25, -0.2) is 14.8 Å². The number of benzene rings is 2. The van der Waals surface area contributed by atoms with Gasteiger partial charge < -0.3 is 24.6 Å². The average Bonchev–Trinajstić information content (AvgIpc) is 2.84. The molecule has 1 aromatic heterocycles. The van der Waals surface area contributed by atoms with Gasteiger partial charge in [0.05, 0.1) is 19.9 Å². The van der Waals surface area contributed by atoms with Gasteiger partial charge in [-0.15, -0.1) is 0 Å². The molecule has 1 N–H and O–H groups in total. The van der Waals surface area contributed by atoms with E-state index in [1.807, 2.05) is 48.5 Å². The SMILES string of the molecule is COc1cccc(NC(=O)N2CCN(c3cc(-c4cccc(OC)c4)ncn3)CC2)c1. The third-order valence-electron chi connectivity index (χ3n) is 5.23. The van der Waals surface area contributed by atoms with Crippen LogP contribution in [-0.4, -0.2) is 61.3 Å². The third kappa shape index (κ3) is 4.85. The largest absolute Gasteiger partial charge is 0.497 e. The van der Waals surface area contributed by atoms with Gasteiger partial charge in [0.15, 0.2) is 0 Å². The van der Waals surface area contributed by atoms with Crippen molar-refractivity contribution in [2.75, 3.05) is 50.6 Å². The highest BCUT2D eigenvalue weighted by atomic mass is 16.5. The number of urea groups is 1. The second-order valence-electron chi connectivity index (χ2n) is 7.13. The molecule has 0 aliphatic carbocycles. The second kappa shape index (κ2) is 9.34. The minimum atomic E-state index is -0.118. The number of nitrogens with zero attached hydrogens (tertiary/aromatic N) is 4. The number of hydrogen-bond acceptors (Lipinski definition) is 6. The molecule has 0 atom stereocenters. The van der Waals surface area contributed by atoms with E-state index in [-0.39, 0.29) is 6.03 Å². The van der Waals surface area contributed by atoms with Crippen molar-refractivity contribution in [2.45, 2.75) is 0 Å². The number of amides is 2. The third-order valence-corrected chi connectivity index (χ3v) is 5.23. The molecule has 0 radical (unpaired) electrons. The van der Waals surface area contributed by atoms with Gasteiger partial charge >= 0.3 is 6.03 Å². The van der Waals surface area contributed by atoms with Crippen LogP contribution in [0.15, 0.2) is 60.9 Å². The average molecular weight is 419 g/mol. The van der Waals surface area contributed by atoms with E-state index in [1.165, 1.54) is 0 Å². The Balaban J connectivity index is 1.39. The van der Waals surface area contributed by atoms with Gasteiger partial charge in [-0.3, -0.25) is 0 Å². The number of ether oxygens (including phenoxy) is 2. The molecule has 2 amide bonds. The molecule has 2 heterocycles. The number of piperazine rings is 1. The Morgan fingerprint density at radius 2 is 1.61 bits per heavy atom. The number of aromatic nitrogens is 2. The van der Waals surface area contributed by atoms with E-state index in [9.17, 15) is 4.79 Å². The highest BCUT2D eigenvalue weighted by Gasteiger charge is 2.22. The van der Waals surface area contributed by atoms with Crippen LogP contribution >= 0.6 is 0 Å². The molecule has 2 aromatic carbocycles. The minimum Gasteiger partial charge on any atom is -0.497 e. The summed E-state index contributed by atoms with van der Waals surface area (Å²) in [4.78, 5) is 25.4. The van der Waals surface area contributed by atoms with Crippen molar-refractivity contribution in [3.8, 4) is 22.8 Å². The summed E-state index contributed by atoms with van der Waals surface area (Å²) in [6.45, 7) is 2.60. The Morgan fingerprint density at radius 1 is 0.903 bits per heavy atom. The normalized spacial score (nSPS) is 13.6. The molecule has 1 aliphatic heterocycles. The Kier molecular flexibility index (Phi) is 6.16. The van der Waals surface area contributed by atoms with E-state index in [1.54, 1.807) is 31.5 Å². The van der Waals surface area contributed by atoms with Crippen molar-refractivity contribution < 1.29 is 14.3 Å². The Labute approximate surface area is 181 Å². The number of carbonyl (C=O) groups is 1. The van der Waals surface area contributed by atoms with Crippen molar-refractivity contribution in [3.05, 3.63) is 60.9 Å². The second-order valence-corrected chi connectivity index (χ2v) is 7.13. The maximum Gasteiger partial charge on any atom is 0.321 e. The summed E-state index contributed by atoms with van der Waals surface area (Å²) in [7, 11) is 3.25. The van der Waals surface area contributed by atoms with Gasteiger partial charge in [0.25, 0.3) is 0 Å². The first-order valence-electron chi connectivity index (χ1n) is 10.1. The first-order chi connectivity index (χ1) is 15.2. The molecular formula is C23H25N5O3. The number of nitrogens with one attached hydrogen (secondary N) is 1. The van der Waals surface area contributed by atoms with Gasteiger partial charge in [-0.1, -0.05) is 18.2 Å². The Hall–Kier alpha value is -3.81. The fourth-order valence-corrected chi connectivity index (χ4v) is 3.50. The molecule has 8 nitrogen and oxygen atoms in total. The summed E-state index contributed by atoms with van der Waals surface area (Å²) < 4.78 is 10.5. The molecule has 31 heavy (non-hydrogen) atoms. The van der Waals surface area contributed by atoms with Gasteiger partial charge in [0, 0.05) is 49.6 Å². The number of anilines is 2. The predicted molar refractivity (Wildman–Crippen MR) is 120 cm³/mol. The molecule has 0 spiro atoms. The quantitative estimate of drug-likeness (QED) is 0.682. The molecule has 1 aliphatic rings. The highest BCUT2D eigenvalue weighted by Crippen LogP contribution is 2.25. The van der Waals surface area contributed by atoms with Crippen molar-refractivity contribution >= 4 is 17.5 Å². The lowest BCUT2D eigenvalue weighted by Crippen LogP contribution is -2.50. The van der Waals surface area contributed by atoms with Gasteiger partial charge in [0.2, 0.25) is 0 Å². The van der Waals surface area contributed by atoms with Crippen LogP contribution in [-0.2, 0) is 0 Å². The number of carbonyl (C=O) groups excluding carboxylic acids is 1. The van der Waals surface area contributed by atoms with Crippen LogP contribution in [0, 0.1) is 0 Å². The van der Waals surface area contributed by atoms with E-state index < -0.39 is 0 Å². The highest BCUT2D eigenvalue weighted by molar-refractivity contribution is 5.89. The summed E-state index contributed by atoms with van der Waals surface area (Å²) in [5, 5.41) is 2.93. The van der Waals surface area contributed by atoms with E-state index >= 15 is 0 Å². The number of methoxy groups -OCH3 is 2. The van der Waals surface area contributed by atoms with Crippen molar-refractivity contribution in [1.29, 1.82) is 0 Å². The molecule has 0 unspecified atom stereocenters. The van der Waals surface area contributed by atoms with Crippen LogP contribution in [0.3, 0.4) is 0 Å². The van der Waals surface area contributed by atoms with Crippen LogP contribution in [0.25, 0.3) is 11.3 Å². The van der Waals surface area contributed by atoms with Crippen molar-refractivity contribution in [1.82, 2.24) is 14.9 Å². The maximum absolute atomic E-state index is 12.6.